The van der Waals surface area contributed by atoms with E-state index in [0.717, 1.165) is 17.9 Å². The van der Waals surface area contributed by atoms with Crippen molar-refractivity contribution in [2.45, 2.75) is 26.8 Å². The maximum atomic E-state index is 5.80. The third-order valence-electron chi connectivity index (χ3n) is 2.32. The van der Waals surface area contributed by atoms with Crippen LogP contribution in [0, 0.1) is 13.8 Å². The number of hydrogen-bond acceptors (Lipinski definition) is 5. The van der Waals surface area contributed by atoms with Crippen LogP contribution in [-0.4, -0.2) is 41.5 Å². The monoisotopic (exact) mass is 223 g/mol. The molecule has 1 unspecified atom stereocenters. The molecule has 5 nitrogen and oxygen atoms in total. The predicted molar refractivity (Wildman–Crippen MR) is 67.6 cm³/mol. The van der Waals surface area contributed by atoms with Gasteiger partial charge in [-0.1, -0.05) is 0 Å². The summed E-state index contributed by atoms with van der Waals surface area (Å²) in [6.45, 7) is 6.84. The molecular formula is C11H21N5. The Hall–Kier alpha value is -1.36. The molecule has 1 atom stereocenters. The van der Waals surface area contributed by atoms with E-state index in [4.69, 9.17) is 5.73 Å². The number of aromatic nitrogens is 2. The van der Waals surface area contributed by atoms with Gasteiger partial charge in [-0.05, 0) is 34.9 Å². The number of hydrogen-bond donors (Lipinski definition) is 2. The van der Waals surface area contributed by atoms with E-state index in [-0.39, 0.29) is 0 Å². The van der Waals surface area contributed by atoms with Gasteiger partial charge in [0.25, 0.3) is 0 Å². The third-order valence-corrected chi connectivity index (χ3v) is 2.32. The maximum Gasteiger partial charge on any atom is 0.135 e. The highest BCUT2D eigenvalue weighted by atomic mass is 15.1. The van der Waals surface area contributed by atoms with E-state index in [2.05, 4.69) is 27.1 Å². The van der Waals surface area contributed by atoms with Gasteiger partial charge in [0, 0.05) is 18.2 Å². The average molecular weight is 223 g/mol. The van der Waals surface area contributed by atoms with E-state index in [1.54, 1.807) is 0 Å². The summed E-state index contributed by atoms with van der Waals surface area (Å²) in [6.07, 6.45) is 0. The van der Waals surface area contributed by atoms with Crippen molar-refractivity contribution in [3.8, 4) is 0 Å². The van der Waals surface area contributed by atoms with E-state index in [1.165, 1.54) is 0 Å². The van der Waals surface area contributed by atoms with E-state index >= 15 is 0 Å². The maximum absolute atomic E-state index is 5.80. The van der Waals surface area contributed by atoms with Crippen molar-refractivity contribution in [2.75, 3.05) is 31.7 Å². The van der Waals surface area contributed by atoms with Gasteiger partial charge in [0.1, 0.15) is 17.5 Å². The fraction of sp³-hybridized carbons (Fsp3) is 0.636. The van der Waals surface area contributed by atoms with Crippen molar-refractivity contribution >= 4 is 11.6 Å². The van der Waals surface area contributed by atoms with Crippen molar-refractivity contribution < 1.29 is 0 Å². The van der Waals surface area contributed by atoms with Crippen LogP contribution in [0.2, 0.25) is 0 Å². The van der Waals surface area contributed by atoms with Crippen LogP contribution < -0.4 is 11.1 Å². The summed E-state index contributed by atoms with van der Waals surface area (Å²) >= 11 is 0. The summed E-state index contributed by atoms with van der Waals surface area (Å²) in [5, 5.41) is 3.35. The second kappa shape index (κ2) is 5.12. The van der Waals surface area contributed by atoms with Crippen LogP contribution in [-0.2, 0) is 0 Å². The molecule has 1 aromatic rings. The van der Waals surface area contributed by atoms with Crippen LogP contribution in [0.3, 0.4) is 0 Å². The highest BCUT2D eigenvalue weighted by Gasteiger charge is 2.09. The molecule has 16 heavy (non-hydrogen) atoms. The van der Waals surface area contributed by atoms with Crippen molar-refractivity contribution in [2.24, 2.45) is 0 Å². The number of anilines is 2. The first kappa shape index (κ1) is 12.7. The molecule has 1 heterocycles. The van der Waals surface area contributed by atoms with E-state index < -0.39 is 0 Å². The fourth-order valence-electron chi connectivity index (χ4n) is 1.62. The highest BCUT2D eigenvalue weighted by Crippen LogP contribution is 2.17. The van der Waals surface area contributed by atoms with Crippen molar-refractivity contribution in [1.82, 2.24) is 14.9 Å². The molecule has 5 heteroatoms. The van der Waals surface area contributed by atoms with Gasteiger partial charge < -0.3 is 16.0 Å². The van der Waals surface area contributed by atoms with Gasteiger partial charge >= 0.3 is 0 Å². The number of nitrogens with one attached hydrogen (secondary N) is 1. The third kappa shape index (κ3) is 3.34. The minimum Gasteiger partial charge on any atom is -0.383 e. The summed E-state index contributed by atoms with van der Waals surface area (Å²) < 4.78 is 0. The highest BCUT2D eigenvalue weighted by molar-refractivity contribution is 5.55. The van der Waals surface area contributed by atoms with Crippen LogP contribution in [0.5, 0.6) is 0 Å². The summed E-state index contributed by atoms with van der Waals surface area (Å²) in [7, 11) is 4.09. The van der Waals surface area contributed by atoms with Crippen molar-refractivity contribution in [3.63, 3.8) is 0 Å². The lowest BCUT2D eigenvalue weighted by atomic mass is 10.2. The Morgan fingerprint density at radius 1 is 1.31 bits per heavy atom. The molecule has 0 saturated heterocycles. The lowest BCUT2D eigenvalue weighted by Gasteiger charge is -2.20. The van der Waals surface area contributed by atoms with Gasteiger partial charge in [-0.2, -0.15) is 0 Å². The lowest BCUT2D eigenvalue weighted by molar-refractivity contribution is 0.392. The molecule has 0 saturated carbocycles. The first-order chi connectivity index (χ1) is 7.40. The zero-order valence-electron chi connectivity index (χ0n) is 10.7. The molecule has 3 N–H and O–H groups in total. The number of nitrogen functional groups attached to an aromatic ring is 1. The van der Waals surface area contributed by atoms with Crippen LogP contribution in [0.1, 0.15) is 18.3 Å². The van der Waals surface area contributed by atoms with Gasteiger partial charge in [0.05, 0.1) is 0 Å². The van der Waals surface area contributed by atoms with Gasteiger partial charge in [-0.15, -0.1) is 0 Å². The summed E-state index contributed by atoms with van der Waals surface area (Å²) in [4.78, 5) is 10.6. The van der Waals surface area contributed by atoms with E-state index in [9.17, 15) is 0 Å². The SMILES string of the molecule is Cc1nc(N)c(C)c(NC(C)CN(C)C)n1. The first-order valence-electron chi connectivity index (χ1n) is 5.42. The molecule has 0 bridgehead atoms. The minimum atomic E-state index is 0.322. The van der Waals surface area contributed by atoms with Gasteiger partial charge in [-0.3, -0.25) is 0 Å². The molecule has 0 amide bonds. The Bertz CT molecular complexity index is 362. The number of nitrogens with zero attached hydrogens (tertiary/aromatic N) is 3. The molecule has 90 valence electrons. The predicted octanol–water partition coefficient (Wildman–Crippen LogP) is 1.04. The summed E-state index contributed by atoms with van der Waals surface area (Å²) in [5.41, 5.74) is 6.71. The number of rotatable bonds is 4. The quantitative estimate of drug-likeness (QED) is 0.798. The molecule has 0 fully saturated rings. The summed E-state index contributed by atoms with van der Waals surface area (Å²) in [6, 6.07) is 0.322. The number of nitrogens with two attached hydrogens (primary N) is 1. The van der Waals surface area contributed by atoms with Crippen LogP contribution >= 0.6 is 0 Å². The zero-order valence-corrected chi connectivity index (χ0v) is 10.7. The topological polar surface area (TPSA) is 67.1 Å². The second-order valence-corrected chi connectivity index (χ2v) is 4.44. The average Bonchev–Trinajstić information content (AvgIpc) is 2.11. The van der Waals surface area contributed by atoms with Crippen molar-refractivity contribution in [1.29, 1.82) is 0 Å². The largest absolute Gasteiger partial charge is 0.383 e. The molecule has 0 aliphatic carbocycles. The van der Waals surface area contributed by atoms with Gasteiger partial charge in [0.15, 0.2) is 0 Å². The standard InChI is InChI=1S/C11H21N5/c1-7(6-16(4)5)13-11-8(2)10(12)14-9(3)15-11/h7H,6H2,1-5H3,(H3,12,13,14,15). The number of likely N-dealkylation sites (N-methyl/N-ethyl adjacent to an activating group) is 1. The zero-order chi connectivity index (χ0) is 12.3. The van der Waals surface area contributed by atoms with Crippen molar-refractivity contribution in [3.05, 3.63) is 11.4 Å². The molecule has 1 rings (SSSR count). The summed E-state index contributed by atoms with van der Waals surface area (Å²) in [5.74, 6) is 2.08. The molecule has 0 spiro atoms. The molecule has 0 aliphatic heterocycles. The van der Waals surface area contributed by atoms with E-state index in [0.29, 0.717) is 17.7 Å². The van der Waals surface area contributed by atoms with Crippen LogP contribution in [0.25, 0.3) is 0 Å². The minimum absolute atomic E-state index is 0.322. The Labute approximate surface area is 97.1 Å². The van der Waals surface area contributed by atoms with E-state index in [1.807, 2.05) is 27.9 Å². The smallest absolute Gasteiger partial charge is 0.135 e. The Balaban J connectivity index is 2.80. The van der Waals surface area contributed by atoms with Gasteiger partial charge in [-0.25, -0.2) is 9.97 Å². The second-order valence-electron chi connectivity index (χ2n) is 4.44. The molecule has 0 aromatic carbocycles. The lowest BCUT2D eigenvalue weighted by Crippen LogP contribution is -2.30. The normalized spacial score (nSPS) is 12.9. The molecule has 1 aromatic heterocycles. The van der Waals surface area contributed by atoms with Crippen LogP contribution in [0.4, 0.5) is 11.6 Å². The molecule has 0 radical (unpaired) electrons. The molecule has 0 aliphatic rings. The Morgan fingerprint density at radius 3 is 2.50 bits per heavy atom. The Morgan fingerprint density at radius 2 is 1.94 bits per heavy atom. The number of aryl methyl sites for hydroxylation is 1. The molecular weight excluding hydrogens is 202 g/mol. The Kier molecular flexibility index (Phi) is 4.06. The van der Waals surface area contributed by atoms with Gasteiger partial charge in [0.2, 0.25) is 0 Å². The fourth-order valence-corrected chi connectivity index (χ4v) is 1.62. The van der Waals surface area contributed by atoms with Crippen LogP contribution in [0.15, 0.2) is 0 Å². The first-order valence-corrected chi connectivity index (χ1v) is 5.42.